The van der Waals surface area contributed by atoms with Crippen LogP contribution in [0.5, 0.6) is 0 Å². The molecule has 1 aromatic rings. The minimum Gasteiger partial charge on any atom is -0.370 e. The van der Waals surface area contributed by atoms with E-state index < -0.39 is 0 Å². The van der Waals surface area contributed by atoms with Crippen molar-refractivity contribution in [1.29, 1.82) is 5.26 Å². The molecule has 2 N–H and O–H groups in total. The predicted octanol–water partition coefficient (Wildman–Crippen LogP) is 0.387. The van der Waals surface area contributed by atoms with Gasteiger partial charge in [-0.2, -0.15) is 5.26 Å². The summed E-state index contributed by atoms with van der Waals surface area (Å²) < 4.78 is 6.25. The third-order valence-corrected chi connectivity index (χ3v) is 4.04. The Labute approximate surface area is 138 Å². The number of carbonyl (C=O) groups excluding carboxylic acids is 1. The SMILES string of the molecule is N#C/C(=C\c1ccc(Br)cc1)C(=O)NCC[NH+]1CCOCC1. The van der Waals surface area contributed by atoms with E-state index in [0.717, 1.165) is 42.9 Å². The molecule has 1 aromatic carbocycles. The van der Waals surface area contributed by atoms with Gasteiger partial charge in [0.2, 0.25) is 0 Å². The number of rotatable bonds is 5. The Balaban J connectivity index is 1.86. The van der Waals surface area contributed by atoms with E-state index in [0.29, 0.717) is 6.54 Å². The molecule has 0 unspecified atom stereocenters. The number of hydrogen-bond donors (Lipinski definition) is 2. The average molecular weight is 365 g/mol. The highest BCUT2D eigenvalue weighted by Crippen LogP contribution is 2.13. The zero-order valence-corrected chi connectivity index (χ0v) is 13.9. The average Bonchev–Trinajstić information content (AvgIpc) is 2.55. The standard InChI is InChI=1S/C16H18BrN3O2/c17-15-3-1-13(2-4-15)11-14(12-18)16(21)19-5-6-20-7-9-22-10-8-20/h1-4,11H,5-10H2,(H,19,21)/p+1/b14-11+. The highest BCUT2D eigenvalue weighted by molar-refractivity contribution is 9.10. The van der Waals surface area contributed by atoms with Crippen LogP contribution in [-0.4, -0.2) is 45.3 Å². The molecule has 0 spiro atoms. The molecule has 1 fully saturated rings. The van der Waals surface area contributed by atoms with Crippen molar-refractivity contribution in [2.24, 2.45) is 0 Å². The number of morpholine rings is 1. The van der Waals surface area contributed by atoms with E-state index in [1.807, 2.05) is 30.3 Å². The molecule has 116 valence electrons. The van der Waals surface area contributed by atoms with Crippen molar-refractivity contribution in [2.75, 3.05) is 39.4 Å². The molecule has 0 bridgehead atoms. The maximum absolute atomic E-state index is 12.0. The van der Waals surface area contributed by atoms with E-state index in [2.05, 4.69) is 21.2 Å². The molecule has 0 saturated carbocycles. The van der Waals surface area contributed by atoms with Crippen molar-refractivity contribution in [3.63, 3.8) is 0 Å². The minimum absolute atomic E-state index is 0.124. The predicted molar refractivity (Wildman–Crippen MR) is 87.1 cm³/mol. The van der Waals surface area contributed by atoms with Crippen LogP contribution < -0.4 is 10.2 Å². The highest BCUT2D eigenvalue weighted by atomic mass is 79.9. The van der Waals surface area contributed by atoms with Crippen LogP contribution in [0.1, 0.15) is 5.56 Å². The van der Waals surface area contributed by atoms with Gasteiger partial charge in [-0.05, 0) is 23.8 Å². The van der Waals surface area contributed by atoms with Gasteiger partial charge in [0, 0.05) is 4.47 Å². The quantitative estimate of drug-likeness (QED) is 0.586. The van der Waals surface area contributed by atoms with E-state index >= 15 is 0 Å². The number of nitriles is 1. The van der Waals surface area contributed by atoms with Gasteiger partial charge in [0.1, 0.15) is 24.7 Å². The molecule has 1 aliphatic rings. The van der Waals surface area contributed by atoms with Crippen molar-refractivity contribution >= 4 is 27.9 Å². The molecule has 0 atom stereocenters. The van der Waals surface area contributed by atoms with Crippen LogP contribution in [0.25, 0.3) is 6.08 Å². The zero-order valence-electron chi connectivity index (χ0n) is 12.3. The first-order valence-electron chi connectivity index (χ1n) is 7.26. The molecule has 1 amide bonds. The first kappa shape index (κ1) is 16.7. The van der Waals surface area contributed by atoms with Gasteiger partial charge in [0.15, 0.2) is 0 Å². The van der Waals surface area contributed by atoms with Crippen LogP contribution in [0.2, 0.25) is 0 Å². The second-order valence-electron chi connectivity index (χ2n) is 5.09. The lowest BCUT2D eigenvalue weighted by Gasteiger charge is -2.23. The van der Waals surface area contributed by atoms with Crippen molar-refractivity contribution in [1.82, 2.24) is 5.32 Å². The fourth-order valence-corrected chi connectivity index (χ4v) is 2.50. The number of nitrogens with zero attached hydrogens (tertiary/aromatic N) is 1. The minimum atomic E-state index is -0.321. The summed E-state index contributed by atoms with van der Waals surface area (Å²) in [5.74, 6) is -0.321. The number of hydrogen-bond acceptors (Lipinski definition) is 3. The largest absolute Gasteiger partial charge is 0.370 e. The summed E-state index contributed by atoms with van der Waals surface area (Å²) in [6.45, 7) is 4.90. The third kappa shape index (κ3) is 5.26. The Morgan fingerprint density at radius 1 is 1.36 bits per heavy atom. The van der Waals surface area contributed by atoms with Gasteiger partial charge in [-0.25, -0.2) is 0 Å². The van der Waals surface area contributed by atoms with E-state index in [9.17, 15) is 4.79 Å². The second-order valence-corrected chi connectivity index (χ2v) is 6.01. The number of carbonyl (C=O) groups is 1. The maximum atomic E-state index is 12.0. The molecule has 22 heavy (non-hydrogen) atoms. The third-order valence-electron chi connectivity index (χ3n) is 3.51. The van der Waals surface area contributed by atoms with Crippen molar-refractivity contribution in [2.45, 2.75) is 0 Å². The lowest BCUT2D eigenvalue weighted by Crippen LogP contribution is -3.14. The lowest BCUT2D eigenvalue weighted by molar-refractivity contribution is -0.906. The van der Waals surface area contributed by atoms with Gasteiger partial charge >= 0.3 is 0 Å². The van der Waals surface area contributed by atoms with E-state index in [4.69, 9.17) is 10.00 Å². The smallest absolute Gasteiger partial charge is 0.262 e. The van der Waals surface area contributed by atoms with Crippen molar-refractivity contribution in [3.05, 3.63) is 39.9 Å². The lowest BCUT2D eigenvalue weighted by atomic mass is 10.1. The molecule has 1 saturated heterocycles. The Hall–Kier alpha value is -1.68. The molecule has 5 nitrogen and oxygen atoms in total. The topological polar surface area (TPSA) is 66.6 Å². The summed E-state index contributed by atoms with van der Waals surface area (Å²) in [5, 5.41) is 12.0. The molecule has 0 aliphatic carbocycles. The van der Waals surface area contributed by atoms with Gasteiger partial charge < -0.3 is 15.0 Å². The Morgan fingerprint density at radius 3 is 2.68 bits per heavy atom. The highest BCUT2D eigenvalue weighted by Gasteiger charge is 2.14. The molecule has 2 rings (SSSR count). The summed E-state index contributed by atoms with van der Waals surface area (Å²) in [4.78, 5) is 13.5. The number of quaternary nitrogens is 1. The molecular formula is C16H19BrN3O2+. The zero-order chi connectivity index (χ0) is 15.8. The summed E-state index contributed by atoms with van der Waals surface area (Å²) in [6, 6.07) is 9.42. The number of halogens is 1. The molecule has 0 radical (unpaired) electrons. The molecule has 6 heteroatoms. The van der Waals surface area contributed by atoms with Crippen LogP contribution in [0.15, 0.2) is 34.3 Å². The van der Waals surface area contributed by atoms with Gasteiger partial charge in [0.25, 0.3) is 5.91 Å². The van der Waals surface area contributed by atoms with Gasteiger partial charge in [-0.1, -0.05) is 28.1 Å². The van der Waals surface area contributed by atoms with Crippen molar-refractivity contribution < 1.29 is 14.4 Å². The van der Waals surface area contributed by atoms with E-state index in [1.165, 1.54) is 4.90 Å². The number of nitrogens with one attached hydrogen (secondary N) is 2. The molecular weight excluding hydrogens is 346 g/mol. The molecule has 1 aliphatic heterocycles. The summed E-state index contributed by atoms with van der Waals surface area (Å²) >= 11 is 3.35. The van der Waals surface area contributed by atoms with Crippen molar-refractivity contribution in [3.8, 4) is 6.07 Å². The monoisotopic (exact) mass is 364 g/mol. The number of benzene rings is 1. The Bertz CT molecular complexity index is 572. The van der Waals surface area contributed by atoms with Crippen LogP contribution in [0.3, 0.4) is 0 Å². The van der Waals surface area contributed by atoms with Gasteiger partial charge in [-0.15, -0.1) is 0 Å². The van der Waals surface area contributed by atoms with E-state index in [1.54, 1.807) is 6.08 Å². The number of ether oxygens (including phenoxy) is 1. The Morgan fingerprint density at radius 2 is 2.05 bits per heavy atom. The first-order chi connectivity index (χ1) is 10.7. The number of amides is 1. The maximum Gasteiger partial charge on any atom is 0.262 e. The van der Waals surface area contributed by atoms with Gasteiger partial charge in [-0.3, -0.25) is 4.79 Å². The van der Waals surface area contributed by atoms with Crippen LogP contribution in [0.4, 0.5) is 0 Å². The first-order valence-corrected chi connectivity index (χ1v) is 8.05. The summed E-state index contributed by atoms with van der Waals surface area (Å²) in [7, 11) is 0. The fourth-order valence-electron chi connectivity index (χ4n) is 2.23. The van der Waals surface area contributed by atoms with E-state index in [-0.39, 0.29) is 11.5 Å². The van der Waals surface area contributed by atoms with Crippen LogP contribution in [-0.2, 0) is 9.53 Å². The van der Waals surface area contributed by atoms with Crippen LogP contribution >= 0.6 is 15.9 Å². The molecule has 1 heterocycles. The normalized spacial score (nSPS) is 16.1. The summed E-state index contributed by atoms with van der Waals surface area (Å²) in [6.07, 6.45) is 1.60. The summed E-state index contributed by atoms with van der Waals surface area (Å²) in [5.41, 5.74) is 0.952. The van der Waals surface area contributed by atoms with Crippen LogP contribution in [0, 0.1) is 11.3 Å². The molecule has 0 aromatic heterocycles. The Kier molecular flexibility index (Phi) is 6.59. The second kappa shape index (κ2) is 8.69. The van der Waals surface area contributed by atoms with Gasteiger partial charge in [0.05, 0.1) is 26.3 Å². The fraction of sp³-hybridized carbons (Fsp3) is 0.375.